The summed E-state index contributed by atoms with van der Waals surface area (Å²) < 4.78 is 0. The predicted molar refractivity (Wildman–Crippen MR) is 68.7 cm³/mol. The van der Waals surface area contributed by atoms with Gasteiger partial charge in [0.05, 0.1) is 0 Å². The van der Waals surface area contributed by atoms with Gasteiger partial charge >= 0.3 is 0 Å². The highest BCUT2D eigenvalue weighted by atomic mass is 16.1. The lowest BCUT2D eigenvalue weighted by Gasteiger charge is -2.20. The number of amides is 1. The van der Waals surface area contributed by atoms with E-state index in [-0.39, 0.29) is 11.9 Å². The molecule has 1 saturated carbocycles. The molecule has 1 aliphatic rings. The molecule has 17 heavy (non-hydrogen) atoms. The van der Waals surface area contributed by atoms with Gasteiger partial charge in [0.1, 0.15) is 6.04 Å². The van der Waals surface area contributed by atoms with E-state index >= 15 is 0 Å². The summed E-state index contributed by atoms with van der Waals surface area (Å²) in [4.78, 5) is 11.6. The van der Waals surface area contributed by atoms with E-state index in [9.17, 15) is 4.79 Å². The minimum Gasteiger partial charge on any atom is -0.368 e. The molecule has 1 aromatic rings. The van der Waals surface area contributed by atoms with Crippen molar-refractivity contribution in [1.29, 1.82) is 0 Å². The van der Waals surface area contributed by atoms with E-state index in [1.54, 1.807) is 0 Å². The summed E-state index contributed by atoms with van der Waals surface area (Å²) in [6.07, 6.45) is 2.29. The fourth-order valence-corrected chi connectivity index (χ4v) is 2.44. The van der Waals surface area contributed by atoms with Gasteiger partial charge in [-0.1, -0.05) is 17.7 Å². The number of nitrogens with one attached hydrogen (secondary N) is 1. The largest absolute Gasteiger partial charge is 0.368 e. The minimum atomic E-state index is -0.344. The van der Waals surface area contributed by atoms with Crippen LogP contribution in [-0.4, -0.2) is 11.9 Å². The fourth-order valence-electron chi connectivity index (χ4n) is 2.44. The molecule has 2 rings (SSSR count). The van der Waals surface area contributed by atoms with E-state index in [2.05, 4.69) is 24.4 Å². The molecular formula is C14H20N2O. The van der Waals surface area contributed by atoms with Crippen molar-refractivity contribution in [3.05, 3.63) is 34.4 Å². The Hall–Kier alpha value is -1.35. The quantitative estimate of drug-likeness (QED) is 0.833. The molecule has 3 heteroatoms. The van der Waals surface area contributed by atoms with Crippen molar-refractivity contribution in [3.63, 3.8) is 0 Å². The second-order valence-corrected chi connectivity index (χ2v) is 5.09. The van der Waals surface area contributed by atoms with Crippen LogP contribution in [0.4, 0.5) is 0 Å². The van der Waals surface area contributed by atoms with E-state index in [0.717, 1.165) is 29.5 Å². The highest BCUT2D eigenvalue weighted by molar-refractivity contribution is 5.82. The SMILES string of the molecule is Cc1cc(C)c(C(NC2CC2)C(N)=O)c(C)c1. The zero-order valence-corrected chi connectivity index (χ0v) is 10.7. The third-order valence-electron chi connectivity index (χ3n) is 3.29. The standard InChI is InChI=1S/C14H20N2O/c1-8-6-9(2)12(10(3)7-8)13(14(15)17)16-11-4-5-11/h6-7,11,13,16H,4-5H2,1-3H3,(H2,15,17). The van der Waals surface area contributed by atoms with Gasteiger partial charge in [-0.2, -0.15) is 0 Å². The summed E-state index contributed by atoms with van der Waals surface area (Å²) in [5.41, 5.74) is 10.1. The third kappa shape index (κ3) is 2.67. The van der Waals surface area contributed by atoms with Crippen LogP contribution >= 0.6 is 0 Å². The average Bonchev–Trinajstić information content (AvgIpc) is 2.98. The molecule has 0 aromatic heterocycles. The second-order valence-electron chi connectivity index (χ2n) is 5.09. The normalized spacial score (nSPS) is 16.9. The molecule has 0 radical (unpaired) electrons. The first kappa shape index (κ1) is 12.1. The number of aryl methyl sites for hydroxylation is 3. The lowest BCUT2D eigenvalue weighted by Crippen LogP contribution is -2.35. The molecule has 3 N–H and O–H groups in total. The molecule has 1 aliphatic carbocycles. The van der Waals surface area contributed by atoms with Gasteiger partial charge in [0, 0.05) is 6.04 Å². The maximum absolute atomic E-state index is 11.6. The first-order valence-corrected chi connectivity index (χ1v) is 6.12. The molecule has 0 saturated heterocycles. The van der Waals surface area contributed by atoms with Crippen molar-refractivity contribution in [2.75, 3.05) is 0 Å². The number of hydrogen-bond donors (Lipinski definition) is 2. The Morgan fingerprint density at radius 1 is 1.29 bits per heavy atom. The molecule has 0 heterocycles. The van der Waals surface area contributed by atoms with Crippen LogP contribution in [0.25, 0.3) is 0 Å². The van der Waals surface area contributed by atoms with Gasteiger partial charge in [-0.05, 0) is 50.3 Å². The second kappa shape index (κ2) is 4.49. The van der Waals surface area contributed by atoms with Crippen LogP contribution < -0.4 is 11.1 Å². The van der Waals surface area contributed by atoms with Crippen molar-refractivity contribution in [2.24, 2.45) is 5.73 Å². The van der Waals surface area contributed by atoms with E-state index in [1.165, 1.54) is 5.56 Å². The lowest BCUT2D eigenvalue weighted by molar-refractivity contribution is -0.120. The van der Waals surface area contributed by atoms with Gasteiger partial charge in [0.2, 0.25) is 5.91 Å². The van der Waals surface area contributed by atoms with Gasteiger partial charge in [-0.15, -0.1) is 0 Å². The van der Waals surface area contributed by atoms with Gasteiger partial charge in [-0.25, -0.2) is 0 Å². The summed E-state index contributed by atoms with van der Waals surface area (Å²) in [6, 6.07) is 4.33. The molecule has 3 nitrogen and oxygen atoms in total. The molecule has 0 aliphatic heterocycles. The van der Waals surface area contributed by atoms with Crippen molar-refractivity contribution >= 4 is 5.91 Å². The summed E-state index contributed by atoms with van der Waals surface area (Å²) >= 11 is 0. The molecule has 0 bridgehead atoms. The van der Waals surface area contributed by atoms with Crippen molar-refractivity contribution < 1.29 is 4.79 Å². The van der Waals surface area contributed by atoms with Crippen LogP contribution in [0.1, 0.15) is 41.1 Å². The molecule has 1 aromatic carbocycles. The highest BCUT2D eigenvalue weighted by Gasteiger charge is 2.29. The topological polar surface area (TPSA) is 55.1 Å². The van der Waals surface area contributed by atoms with E-state index in [4.69, 9.17) is 5.73 Å². The van der Waals surface area contributed by atoms with Crippen molar-refractivity contribution in [1.82, 2.24) is 5.32 Å². The Labute approximate surface area is 102 Å². The van der Waals surface area contributed by atoms with Crippen LogP contribution in [0.2, 0.25) is 0 Å². The molecule has 0 spiro atoms. The van der Waals surface area contributed by atoms with E-state index in [0.29, 0.717) is 6.04 Å². The van der Waals surface area contributed by atoms with E-state index < -0.39 is 0 Å². The number of rotatable bonds is 4. The predicted octanol–water partition coefficient (Wildman–Crippen LogP) is 1.89. The number of hydrogen-bond acceptors (Lipinski definition) is 2. The fraction of sp³-hybridized carbons (Fsp3) is 0.500. The molecule has 1 amide bonds. The van der Waals surface area contributed by atoms with Crippen LogP contribution in [-0.2, 0) is 4.79 Å². The Bertz CT molecular complexity index is 427. The van der Waals surface area contributed by atoms with Crippen molar-refractivity contribution in [3.8, 4) is 0 Å². The number of carbonyl (C=O) groups excluding carboxylic acids is 1. The summed E-state index contributed by atoms with van der Waals surface area (Å²) in [5.74, 6) is -0.285. The first-order valence-electron chi connectivity index (χ1n) is 6.12. The molecule has 1 atom stereocenters. The third-order valence-corrected chi connectivity index (χ3v) is 3.29. The molecule has 1 unspecified atom stereocenters. The Morgan fingerprint density at radius 3 is 2.24 bits per heavy atom. The van der Waals surface area contributed by atoms with Crippen LogP contribution in [0, 0.1) is 20.8 Å². The van der Waals surface area contributed by atoms with Gasteiger partial charge in [-0.3, -0.25) is 10.1 Å². The Kier molecular flexibility index (Phi) is 3.20. The van der Waals surface area contributed by atoms with Gasteiger partial charge in [0.25, 0.3) is 0 Å². The smallest absolute Gasteiger partial charge is 0.239 e. The average molecular weight is 232 g/mol. The molecule has 92 valence electrons. The van der Waals surface area contributed by atoms with Gasteiger partial charge < -0.3 is 5.73 Å². The zero-order chi connectivity index (χ0) is 12.6. The maximum atomic E-state index is 11.6. The first-order chi connectivity index (χ1) is 7.99. The monoisotopic (exact) mass is 232 g/mol. The van der Waals surface area contributed by atoms with Crippen LogP contribution in [0.15, 0.2) is 12.1 Å². The minimum absolute atomic E-state index is 0.285. The number of benzene rings is 1. The van der Waals surface area contributed by atoms with Crippen molar-refractivity contribution in [2.45, 2.75) is 45.7 Å². The molecule has 1 fully saturated rings. The van der Waals surface area contributed by atoms with Gasteiger partial charge in [0.15, 0.2) is 0 Å². The molecular weight excluding hydrogens is 212 g/mol. The summed E-state index contributed by atoms with van der Waals surface area (Å²) in [5, 5.41) is 3.33. The van der Waals surface area contributed by atoms with E-state index in [1.807, 2.05) is 13.8 Å². The lowest BCUT2D eigenvalue weighted by atomic mass is 9.93. The number of carbonyl (C=O) groups is 1. The highest BCUT2D eigenvalue weighted by Crippen LogP contribution is 2.28. The maximum Gasteiger partial charge on any atom is 0.239 e. The van der Waals surface area contributed by atoms with Crippen LogP contribution in [0.5, 0.6) is 0 Å². The number of nitrogens with two attached hydrogens (primary N) is 1. The zero-order valence-electron chi connectivity index (χ0n) is 10.7. The Morgan fingerprint density at radius 2 is 1.82 bits per heavy atom. The summed E-state index contributed by atoms with van der Waals surface area (Å²) in [6.45, 7) is 6.15. The number of primary amides is 1. The Balaban J connectivity index is 2.37. The van der Waals surface area contributed by atoms with Crippen LogP contribution in [0.3, 0.4) is 0 Å². The summed E-state index contributed by atoms with van der Waals surface area (Å²) in [7, 11) is 0.